The summed E-state index contributed by atoms with van der Waals surface area (Å²) in [6.07, 6.45) is 1.13. The summed E-state index contributed by atoms with van der Waals surface area (Å²) in [5.74, 6) is 0.542. The van der Waals surface area contributed by atoms with E-state index in [-0.39, 0.29) is 0 Å². The van der Waals surface area contributed by atoms with Gasteiger partial charge in [0, 0.05) is 11.7 Å². The molecule has 1 atom stereocenters. The number of hydrogen-bond donors (Lipinski definition) is 2. The van der Waals surface area contributed by atoms with Gasteiger partial charge in [-0.05, 0) is 50.0 Å². The lowest BCUT2D eigenvalue weighted by Crippen LogP contribution is -2.34. The second kappa shape index (κ2) is 6.60. The number of anilines is 1. The molecule has 0 saturated heterocycles. The van der Waals surface area contributed by atoms with Gasteiger partial charge in [0.1, 0.15) is 0 Å². The minimum atomic E-state index is 0.353. The van der Waals surface area contributed by atoms with Gasteiger partial charge < -0.3 is 10.6 Å². The summed E-state index contributed by atoms with van der Waals surface area (Å²) >= 11 is 5.27. The minimum absolute atomic E-state index is 0.353. The molecule has 1 rings (SSSR count). The summed E-state index contributed by atoms with van der Waals surface area (Å²) in [6, 6.07) is 8.70. The molecule has 0 heterocycles. The zero-order chi connectivity index (χ0) is 12.8. The number of rotatable bonds is 4. The Bertz CT molecular complexity index is 374. The van der Waals surface area contributed by atoms with Crippen molar-refractivity contribution < 1.29 is 0 Å². The molecule has 0 amide bonds. The molecular formula is C14H22N2S. The maximum atomic E-state index is 5.27. The van der Waals surface area contributed by atoms with E-state index in [1.54, 1.807) is 0 Å². The third kappa shape index (κ3) is 4.35. The van der Waals surface area contributed by atoms with Crippen LogP contribution in [0.25, 0.3) is 0 Å². The molecule has 0 unspecified atom stereocenters. The quantitative estimate of drug-likeness (QED) is 0.793. The Labute approximate surface area is 110 Å². The Morgan fingerprint density at radius 2 is 1.88 bits per heavy atom. The molecule has 0 aliphatic heterocycles. The fraction of sp³-hybridized carbons (Fsp3) is 0.500. The Morgan fingerprint density at radius 1 is 1.24 bits per heavy atom. The van der Waals surface area contributed by atoms with Gasteiger partial charge >= 0.3 is 0 Å². The molecule has 94 valence electrons. The van der Waals surface area contributed by atoms with Gasteiger partial charge in [-0.2, -0.15) is 0 Å². The molecular weight excluding hydrogens is 228 g/mol. The molecule has 0 aromatic heterocycles. The van der Waals surface area contributed by atoms with Gasteiger partial charge in [0.2, 0.25) is 0 Å². The molecule has 17 heavy (non-hydrogen) atoms. The standard InChI is InChI=1S/C14H22N2S/c1-5-11(4)12-8-6-7-9-13(12)16-14(17)15-10(2)3/h6-11H,5H2,1-4H3,(H2,15,16,17)/t11-/m0/s1. The van der Waals surface area contributed by atoms with Crippen molar-refractivity contribution in [1.29, 1.82) is 0 Å². The second-order valence-electron chi connectivity index (χ2n) is 4.65. The summed E-state index contributed by atoms with van der Waals surface area (Å²) in [7, 11) is 0. The average Bonchev–Trinajstić information content (AvgIpc) is 2.27. The van der Waals surface area contributed by atoms with Crippen molar-refractivity contribution in [2.24, 2.45) is 0 Å². The highest BCUT2D eigenvalue weighted by Gasteiger charge is 2.09. The van der Waals surface area contributed by atoms with Crippen molar-refractivity contribution >= 4 is 23.0 Å². The summed E-state index contributed by atoms with van der Waals surface area (Å²) in [5, 5.41) is 7.16. The van der Waals surface area contributed by atoms with Gasteiger partial charge in [0.25, 0.3) is 0 Å². The molecule has 2 N–H and O–H groups in total. The Morgan fingerprint density at radius 3 is 2.47 bits per heavy atom. The SMILES string of the molecule is CC[C@H](C)c1ccccc1NC(=S)NC(C)C. The lowest BCUT2D eigenvalue weighted by molar-refractivity contribution is 0.731. The first-order valence-corrected chi connectivity index (χ1v) is 6.61. The van der Waals surface area contributed by atoms with Crippen molar-refractivity contribution in [2.45, 2.75) is 46.1 Å². The third-order valence-corrected chi connectivity index (χ3v) is 2.99. The maximum absolute atomic E-state index is 5.27. The number of benzene rings is 1. The van der Waals surface area contributed by atoms with Crippen LogP contribution >= 0.6 is 12.2 Å². The highest BCUT2D eigenvalue weighted by atomic mass is 32.1. The van der Waals surface area contributed by atoms with E-state index in [1.165, 1.54) is 5.56 Å². The molecule has 0 aliphatic carbocycles. The van der Waals surface area contributed by atoms with E-state index in [1.807, 2.05) is 6.07 Å². The van der Waals surface area contributed by atoms with Gasteiger partial charge in [-0.3, -0.25) is 0 Å². The summed E-state index contributed by atoms with van der Waals surface area (Å²) in [5.41, 5.74) is 2.43. The fourth-order valence-corrected chi connectivity index (χ4v) is 2.03. The summed E-state index contributed by atoms with van der Waals surface area (Å²) in [6.45, 7) is 8.59. The predicted octanol–water partition coefficient (Wildman–Crippen LogP) is 3.89. The maximum Gasteiger partial charge on any atom is 0.170 e. The van der Waals surface area contributed by atoms with Crippen LogP contribution in [0.2, 0.25) is 0 Å². The van der Waals surface area contributed by atoms with Crippen molar-refractivity contribution in [3.8, 4) is 0 Å². The average molecular weight is 250 g/mol. The molecule has 1 aromatic carbocycles. The molecule has 2 nitrogen and oxygen atoms in total. The van der Waals surface area contributed by atoms with Gasteiger partial charge in [-0.1, -0.05) is 32.0 Å². The largest absolute Gasteiger partial charge is 0.360 e. The van der Waals surface area contributed by atoms with Gasteiger partial charge in [-0.25, -0.2) is 0 Å². The zero-order valence-electron chi connectivity index (χ0n) is 11.1. The van der Waals surface area contributed by atoms with Crippen LogP contribution in [0.5, 0.6) is 0 Å². The lowest BCUT2D eigenvalue weighted by Gasteiger charge is -2.18. The van der Waals surface area contributed by atoms with E-state index >= 15 is 0 Å². The van der Waals surface area contributed by atoms with Crippen LogP contribution in [-0.2, 0) is 0 Å². The lowest BCUT2D eigenvalue weighted by atomic mass is 9.97. The second-order valence-corrected chi connectivity index (χ2v) is 5.06. The highest BCUT2D eigenvalue weighted by Crippen LogP contribution is 2.26. The number of nitrogens with one attached hydrogen (secondary N) is 2. The predicted molar refractivity (Wildman–Crippen MR) is 79.6 cm³/mol. The van der Waals surface area contributed by atoms with Crippen LogP contribution in [0.15, 0.2) is 24.3 Å². The van der Waals surface area contributed by atoms with Gasteiger partial charge in [0.05, 0.1) is 0 Å². The van der Waals surface area contributed by atoms with Crippen LogP contribution in [-0.4, -0.2) is 11.2 Å². The molecule has 3 heteroatoms. The van der Waals surface area contributed by atoms with E-state index in [4.69, 9.17) is 12.2 Å². The highest BCUT2D eigenvalue weighted by molar-refractivity contribution is 7.80. The molecule has 0 bridgehead atoms. The Hall–Kier alpha value is -1.09. The Kier molecular flexibility index (Phi) is 5.42. The smallest absolute Gasteiger partial charge is 0.170 e. The molecule has 0 saturated carbocycles. The fourth-order valence-electron chi connectivity index (χ4n) is 1.68. The first-order valence-electron chi connectivity index (χ1n) is 6.21. The first kappa shape index (κ1) is 14.0. The van der Waals surface area contributed by atoms with Crippen molar-refractivity contribution in [1.82, 2.24) is 5.32 Å². The van der Waals surface area contributed by atoms with E-state index < -0.39 is 0 Å². The number of hydrogen-bond acceptors (Lipinski definition) is 1. The van der Waals surface area contributed by atoms with Crippen molar-refractivity contribution in [3.05, 3.63) is 29.8 Å². The summed E-state index contributed by atoms with van der Waals surface area (Å²) in [4.78, 5) is 0. The van der Waals surface area contributed by atoms with Crippen molar-refractivity contribution in [3.63, 3.8) is 0 Å². The van der Waals surface area contributed by atoms with Crippen molar-refractivity contribution in [2.75, 3.05) is 5.32 Å². The van der Waals surface area contributed by atoms with Gasteiger partial charge in [-0.15, -0.1) is 0 Å². The Balaban J connectivity index is 2.80. The molecule has 0 aliphatic rings. The normalized spacial score (nSPS) is 12.3. The zero-order valence-corrected chi connectivity index (χ0v) is 11.9. The first-order chi connectivity index (χ1) is 8.04. The van der Waals surface area contributed by atoms with E-state index in [2.05, 4.69) is 56.5 Å². The van der Waals surface area contributed by atoms with Gasteiger partial charge in [0.15, 0.2) is 5.11 Å². The summed E-state index contributed by atoms with van der Waals surface area (Å²) < 4.78 is 0. The molecule has 1 aromatic rings. The van der Waals surface area contributed by atoms with Crippen LogP contribution in [0.3, 0.4) is 0 Å². The molecule has 0 radical (unpaired) electrons. The van der Waals surface area contributed by atoms with E-state index in [9.17, 15) is 0 Å². The van der Waals surface area contributed by atoms with E-state index in [0.717, 1.165) is 12.1 Å². The third-order valence-electron chi connectivity index (χ3n) is 2.77. The van der Waals surface area contributed by atoms with Crippen LogP contribution in [0.4, 0.5) is 5.69 Å². The monoisotopic (exact) mass is 250 g/mol. The van der Waals surface area contributed by atoms with Crippen LogP contribution in [0, 0.1) is 0 Å². The number of thiocarbonyl (C=S) groups is 1. The number of para-hydroxylation sites is 1. The minimum Gasteiger partial charge on any atom is -0.360 e. The molecule has 0 fully saturated rings. The van der Waals surface area contributed by atoms with Crippen LogP contribution in [0.1, 0.15) is 45.6 Å². The molecule has 0 spiro atoms. The van der Waals surface area contributed by atoms with Crippen LogP contribution < -0.4 is 10.6 Å². The topological polar surface area (TPSA) is 24.1 Å². The van der Waals surface area contributed by atoms with E-state index in [0.29, 0.717) is 17.1 Å².